The van der Waals surface area contributed by atoms with Gasteiger partial charge in [-0.05, 0) is 53.5 Å². The number of urea groups is 1. The summed E-state index contributed by atoms with van der Waals surface area (Å²) in [6.07, 6.45) is 0.967. The van der Waals surface area contributed by atoms with E-state index in [4.69, 9.17) is 0 Å². The molecule has 0 atom stereocenters. The van der Waals surface area contributed by atoms with Crippen LogP contribution in [0.2, 0.25) is 0 Å². The van der Waals surface area contributed by atoms with Gasteiger partial charge in [0.15, 0.2) is 0 Å². The average molecular weight is 403 g/mol. The third kappa shape index (κ3) is 5.03. The van der Waals surface area contributed by atoms with E-state index in [1.165, 1.54) is 0 Å². The molecule has 0 aliphatic carbocycles. The Labute approximate surface area is 157 Å². The van der Waals surface area contributed by atoms with Crippen molar-refractivity contribution in [1.82, 2.24) is 14.8 Å². The minimum Gasteiger partial charge on any atom is -0.323 e. The number of amides is 2. The number of pyridine rings is 1. The average Bonchev–Trinajstić information content (AvgIpc) is 2.83. The van der Waals surface area contributed by atoms with Crippen LogP contribution in [-0.2, 0) is 6.54 Å². The first-order valence-electron chi connectivity index (χ1n) is 8.57. The normalized spacial score (nSPS) is 15.7. The number of hydrogen-bond acceptors (Lipinski definition) is 3. The summed E-state index contributed by atoms with van der Waals surface area (Å²) in [5, 5.41) is 2.99. The van der Waals surface area contributed by atoms with Crippen LogP contribution in [0.1, 0.15) is 17.8 Å². The largest absolute Gasteiger partial charge is 0.323 e. The van der Waals surface area contributed by atoms with E-state index in [0.717, 1.165) is 60.7 Å². The van der Waals surface area contributed by atoms with Crippen molar-refractivity contribution in [1.29, 1.82) is 0 Å². The zero-order valence-electron chi connectivity index (χ0n) is 14.4. The van der Waals surface area contributed by atoms with Crippen LogP contribution in [-0.4, -0.2) is 47.0 Å². The maximum atomic E-state index is 12.5. The molecule has 132 valence electrons. The Bertz CT molecular complexity index is 737. The SMILES string of the molecule is Cc1cccc(CN2CCCN(C(=O)Nc3ccccc3Br)CC2)n1. The predicted molar refractivity (Wildman–Crippen MR) is 104 cm³/mol. The summed E-state index contributed by atoms with van der Waals surface area (Å²) in [7, 11) is 0. The summed E-state index contributed by atoms with van der Waals surface area (Å²) in [6, 6.07) is 13.8. The Morgan fingerprint density at radius 3 is 2.76 bits per heavy atom. The smallest absolute Gasteiger partial charge is 0.321 e. The Morgan fingerprint density at radius 1 is 1.12 bits per heavy atom. The number of halogens is 1. The molecule has 6 heteroatoms. The van der Waals surface area contributed by atoms with Gasteiger partial charge in [0.1, 0.15) is 0 Å². The first-order chi connectivity index (χ1) is 12.1. The second-order valence-electron chi connectivity index (χ2n) is 6.30. The van der Waals surface area contributed by atoms with Gasteiger partial charge in [-0.3, -0.25) is 9.88 Å². The Balaban J connectivity index is 1.56. The van der Waals surface area contributed by atoms with E-state index < -0.39 is 0 Å². The van der Waals surface area contributed by atoms with Gasteiger partial charge in [-0.25, -0.2) is 4.79 Å². The summed E-state index contributed by atoms with van der Waals surface area (Å²) < 4.78 is 0.894. The molecule has 1 aromatic carbocycles. The third-order valence-corrected chi connectivity index (χ3v) is 5.01. The van der Waals surface area contributed by atoms with Crippen LogP contribution in [0.3, 0.4) is 0 Å². The number of nitrogens with one attached hydrogen (secondary N) is 1. The van der Waals surface area contributed by atoms with Gasteiger partial charge in [-0.2, -0.15) is 0 Å². The van der Waals surface area contributed by atoms with Crippen LogP contribution in [0.15, 0.2) is 46.9 Å². The Hall–Kier alpha value is -1.92. The second-order valence-corrected chi connectivity index (χ2v) is 7.15. The number of benzene rings is 1. The predicted octanol–water partition coefficient (Wildman–Crippen LogP) is 3.89. The molecule has 0 bridgehead atoms. The molecule has 2 heterocycles. The molecule has 25 heavy (non-hydrogen) atoms. The Kier molecular flexibility index (Phi) is 6.04. The number of aromatic nitrogens is 1. The van der Waals surface area contributed by atoms with Gasteiger partial charge >= 0.3 is 6.03 Å². The summed E-state index contributed by atoms with van der Waals surface area (Å²) in [5.74, 6) is 0. The molecular formula is C19H23BrN4O. The molecule has 1 fully saturated rings. The van der Waals surface area contributed by atoms with E-state index in [1.54, 1.807) is 0 Å². The van der Waals surface area contributed by atoms with E-state index in [-0.39, 0.29) is 6.03 Å². The molecule has 1 aliphatic heterocycles. The van der Waals surface area contributed by atoms with E-state index in [9.17, 15) is 4.79 Å². The van der Waals surface area contributed by atoms with Crippen molar-refractivity contribution >= 4 is 27.6 Å². The number of carbonyl (C=O) groups excluding carboxylic acids is 1. The molecule has 1 N–H and O–H groups in total. The van der Waals surface area contributed by atoms with Gasteiger partial charge in [-0.15, -0.1) is 0 Å². The molecule has 1 saturated heterocycles. The van der Waals surface area contributed by atoms with Crippen LogP contribution >= 0.6 is 15.9 Å². The van der Waals surface area contributed by atoms with E-state index in [2.05, 4.69) is 37.2 Å². The van der Waals surface area contributed by atoms with Crippen LogP contribution in [0.5, 0.6) is 0 Å². The first-order valence-corrected chi connectivity index (χ1v) is 9.36. The molecule has 0 unspecified atom stereocenters. The number of rotatable bonds is 3. The summed E-state index contributed by atoms with van der Waals surface area (Å²) >= 11 is 3.47. The van der Waals surface area contributed by atoms with Crippen molar-refractivity contribution in [2.45, 2.75) is 19.9 Å². The summed E-state index contributed by atoms with van der Waals surface area (Å²) in [6.45, 7) is 6.19. The minimum atomic E-state index is -0.0394. The fourth-order valence-electron chi connectivity index (χ4n) is 3.01. The summed E-state index contributed by atoms with van der Waals surface area (Å²) in [5.41, 5.74) is 2.94. The van der Waals surface area contributed by atoms with Crippen LogP contribution in [0.25, 0.3) is 0 Å². The minimum absolute atomic E-state index is 0.0394. The van der Waals surface area contributed by atoms with E-state index in [0.29, 0.717) is 0 Å². The lowest BCUT2D eigenvalue weighted by Gasteiger charge is -2.22. The highest BCUT2D eigenvalue weighted by atomic mass is 79.9. The molecule has 1 aromatic heterocycles. The van der Waals surface area contributed by atoms with Gasteiger partial charge < -0.3 is 10.2 Å². The lowest BCUT2D eigenvalue weighted by Crippen LogP contribution is -2.38. The van der Waals surface area contributed by atoms with Crippen LogP contribution < -0.4 is 5.32 Å². The molecule has 0 saturated carbocycles. The van der Waals surface area contributed by atoms with Gasteiger partial charge in [0.05, 0.1) is 11.4 Å². The van der Waals surface area contributed by atoms with Crippen molar-refractivity contribution < 1.29 is 4.79 Å². The van der Waals surface area contributed by atoms with Crippen molar-refractivity contribution in [2.75, 3.05) is 31.5 Å². The van der Waals surface area contributed by atoms with Crippen molar-refractivity contribution in [3.63, 3.8) is 0 Å². The zero-order valence-corrected chi connectivity index (χ0v) is 16.0. The number of anilines is 1. The monoisotopic (exact) mass is 402 g/mol. The third-order valence-electron chi connectivity index (χ3n) is 4.32. The van der Waals surface area contributed by atoms with E-state index in [1.807, 2.05) is 48.2 Å². The molecule has 3 rings (SSSR count). The van der Waals surface area contributed by atoms with Gasteiger partial charge in [-0.1, -0.05) is 18.2 Å². The van der Waals surface area contributed by atoms with Gasteiger partial charge in [0.2, 0.25) is 0 Å². The maximum Gasteiger partial charge on any atom is 0.321 e. The topological polar surface area (TPSA) is 48.5 Å². The quantitative estimate of drug-likeness (QED) is 0.846. The second kappa shape index (κ2) is 8.45. The molecule has 5 nitrogen and oxygen atoms in total. The number of para-hydroxylation sites is 1. The number of carbonyl (C=O) groups is 1. The lowest BCUT2D eigenvalue weighted by atomic mass is 10.3. The van der Waals surface area contributed by atoms with Crippen molar-refractivity contribution in [3.05, 3.63) is 58.3 Å². The van der Waals surface area contributed by atoms with Gasteiger partial charge in [0.25, 0.3) is 0 Å². The van der Waals surface area contributed by atoms with Crippen molar-refractivity contribution in [2.24, 2.45) is 0 Å². The van der Waals surface area contributed by atoms with Gasteiger partial charge in [0, 0.05) is 42.9 Å². The lowest BCUT2D eigenvalue weighted by molar-refractivity contribution is 0.211. The van der Waals surface area contributed by atoms with E-state index >= 15 is 0 Å². The van der Waals surface area contributed by atoms with Crippen LogP contribution in [0.4, 0.5) is 10.5 Å². The van der Waals surface area contributed by atoms with Crippen LogP contribution in [0, 0.1) is 6.92 Å². The number of hydrogen-bond donors (Lipinski definition) is 1. The fourth-order valence-corrected chi connectivity index (χ4v) is 3.39. The molecule has 0 radical (unpaired) electrons. The summed E-state index contributed by atoms with van der Waals surface area (Å²) in [4.78, 5) is 21.4. The highest BCUT2D eigenvalue weighted by molar-refractivity contribution is 9.10. The number of nitrogens with zero attached hydrogens (tertiary/aromatic N) is 3. The maximum absolute atomic E-state index is 12.5. The standard InChI is InChI=1S/C19H23BrN4O/c1-15-6-4-7-16(21-15)14-23-10-5-11-24(13-12-23)19(25)22-18-9-3-2-8-17(18)20/h2-4,6-9H,5,10-14H2,1H3,(H,22,25). The Morgan fingerprint density at radius 2 is 1.96 bits per heavy atom. The molecule has 2 amide bonds. The number of aryl methyl sites for hydroxylation is 1. The molecule has 2 aromatic rings. The highest BCUT2D eigenvalue weighted by Crippen LogP contribution is 2.21. The zero-order chi connectivity index (χ0) is 17.6. The molecular weight excluding hydrogens is 380 g/mol. The first kappa shape index (κ1) is 17.9. The van der Waals surface area contributed by atoms with Crippen molar-refractivity contribution in [3.8, 4) is 0 Å². The molecule has 0 spiro atoms. The molecule has 1 aliphatic rings. The highest BCUT2D eigenvalue weighted by Gasteiger charge is 2.20. The fraction of sp³-hybridized carbons (Fsp3) is 0.368.